The first-order valence-corrected chi connectivity index (χ1v) is 8.88. The standard InChI is InChI=1S/C18H33NO2/c1-2-3-4-5-6-7-8-9-10-11-12-13-14-15-16-21-18(20)17-19/h2-16H2,1H3. The van der Waals surface area contributed by atoms with E-state index >= 15 is 0 Å². The Morgan fingerprint density at radius 2 is 1.14 bits per heavy atom. The number of hydrogen-bond acceptors (Lipinski definition) is 3. The van der Waals surface area contributed by atoms with Crippen LogP contribution in [0.3, 0.4) is 0 Å². The highest BCUT2D eigenvalue weighted by Crippen LogP contribution is 2.12. The van der Waals surface area contributed by atoms with E-state index < -0.39 is 5.97 Å². The number of ether oxygens (including phenoxy) is 1. The van der Waals surface area contributed by atoms with Gasteiger partial charge in [0.25, 0.3) is 0 Å². The highest BCUT2D eigenvalue weighted by molar-refractivity contribution is 5.85. The second-order valence-corrected chi connectivity index (χ2v) is 5.84. The monoisotopic (exact) mass is 295 g/mol. The van der Waals surface area contributed by atoms with Crippen LogP contribution in [-0.4, -0.2) is 12.6 Å². The molecule has 0 saturated heterocycles. The minimum Gasteiger partial charge on any atom is -0.455 e. The molecule has 0 heterocycles. The van der Waals surface area contributed by atoms with Gasteiger partial charge >= 0.3 is 5.97 Å². The van der Waals surface area contributed by atoms with Gasteiger partial charge in [0.05, 0.1) is 6.61 Å². The van der Waals surface area contributed by atoms with Crippen LogP contribution in [-0.2, 0) is 9.53 Å². The van der Waals surface area contributed by atoms with E-state index in [-0.39, 0.29) is 0 Å². The van der Waals surface area contributed by atoms with Crippen LogP contribution < -0.4 is 0 Å². The normalized spacial score (nSPS) is 10.3. The molecule has 0 rings (SSSR count). The summed E-state index contributed by atoms with van der Waals surface area (Å²) in [6.07, 6.45) is 18.3. The van der Waals surface area contributed by atoms with E-state index in [2.05, 4.69) is 6.92 Å². The van der Waals surface area contributed by atoms with Crippen LogP contribution in [0.1, 0.15) is 96.8 Å². The second-order valence-electron chi connectivity index (χ2n) is 5.84. The molecule has 21 heavy (non-hydrogen) atoms. The Hall–Kier alpha value is -1.04. The van der Waals surface area contributed by atoms with E-state index in [4.69, 9.17) is 10.00 Å². The van der Waals surface area contributed by atoms with Gasteiger partial charge in [-0.15, -0.1) is 0 Å². The first-order valence-electron chi connectivity index (χ1n) is 8.88. The van der Waals surface area contributed by atoms with Gasteiger partial charge in [0, 0.05) is 0 Å². The molecule has 0 aromatic rings. The first kappa shape index (κ1) is 20.0. The highest BCUT2D eigenvalue weighted by atomic mass is 16.5. The third-order valence-electron chi connectivity index (χ3n) is 3.82. The lowest BCUT2D eigenvalue weighted by atomic mass is 10.0. The lowest BCUT2D eigenvalue weighted by molar-refractivity contribution is -0.137. The van der Waals surface area contributed by atoms with Crippen molar-refractivity contribution >= 4 is 5.97 Å². The Balaban J connectivity index is 3.00. The molecule has 122 valence electrons. The van der Waals surface area contributed by atoms with Gasteiger partial charge in [-0.25, -0.2) is 4.79 Å². The first-order chi connectivity index (χ1) is 10.3. The van der Waals surface area contributed by atoms with Crippen LogP contribution in [0.4, 0.5) is 0 Å². The fourth-order valence-electron chi connectivity index (χ4n) is 2.49. The molecular weight excluding hydrogens is 262 g/mol. The third kappa shape index (κ3) is 16.9. The lowest BCUT2D eigenvalue weighted by Crippen LogP contribution is -2.02. The molecule has 0 aromatic carbocycles. The van der Waals surface area contributed by atoms with Gasteiger partial charge in [0.2, 0.25) is 0 Å². The summed E-state index contributed by atoms with van der Waals surface area (Å²) in [4.78, 5) is 10.6. The molecule has 3 heteroatoms. The molecule has 3 nitrogen and oxygen atoms in total. The second kappa shape index (κ2) is 17.0. The zero-order chi connectivity index (χ0) is 15.6. The van der Waals surface area contributed by atoms with Crippen LogP contribution in [0.25, 0.3) is 0 Å². The Labute approximate surface area is 131 Å². The van der Waals surface area contributed by atoms with Crippen molar-refractivity contribution in [1.82, 2.24) is 0 Å². The van der Waals surface area contributed by atoms with Crippen molar-refractivity contribution in [3.05, 3.63) is 0 Å². The summed E-state index contributed by atoms with van der Waals surface area (Å²) in [5.74, 6) is -0.760. The highest BCUT2D eigenvalue weighted by Gasteiger charge is 1.98. The molecule has 0 saturated carbocycles. The molecular formula is C18H33NO2. The fraction of sp³-hybridized carbons (Fsp3) is 0.889. The molecule has 0 aliphatic carbocycles. The minimum absolute atomic E-state index is 0.393. The molecule has 0 radical (unpaired) electrons. The van der Waals surface area contributed by atoms with Crippen LogP contribution in [0.15, 0.2) is 0 Å². The summed E-state index contributed by atoms with van der Waals surface area (Å²) in [6.45, 7) is 2.66. The number of carbonyl (C=O) groups is 1. The molecule has 0 aliphatic heterocycles. The predicted octanol–water partition coefficient (Wildman–Crippen LogP) is 5.53. The van der Waals surface area contributed by atoms with E-state index in [9.17, 15) is 4.79 Å². The van der Waals surface area contributed by atoms with Gasteiger partial charge in [-0.05, 0) is 6.42 Å². The van der Waals surface area contributed by atoms with Crippen LogP contribution in [0.2, 0.25) is 0 Å². The van der Waals surface area contributed by atoms with Gasteiger partial charge in [-0.1, -0.05) is 90.4 Å². The van der Waals surface area contributed by atoms with E-state index in [0.29, 0.717) is 6.61 Å². The number of hydrogen-bond donors (Lipinski definition) is 0. The smallest absolute Gasteiger partial charge is 0.411 e. The van der Waals surface area contributed by atoms with Crippen molar-refractivity contribution in [2.24, 2.45) is 0 Å². The van der Waals surface area contributed by atoms with Crippen molar-refractivity contribution in [1.29, 1.82) is 5.26 Å². The Kier molecular flexibility index (Phi) is 16.2. The molecule has 0 spiro atoms. The molecule has 0 aromatic heterocycles. The summed E-state index contributed by atoms with van der Waals surface area (Å²) >= 11 is 0. The maximum atomic E-state index is 10.6. The average molecular weight is 295 g/mol. The number of carbonyl (C=O) groups excluding carboxylic acids is 1. The van der Waals surface area contributed by atoms with Crippen molar-refractivity contribution in [2.45, 2.75) is 96.8 Å². The van der Waals surface area contributed by atoms with E-state index in [1.54, 1.807) is 0 Å². The van der Waals surface area contributed by atoms with Crippen LogP contribution in [0.5, 0.6) is 0 Å². The van der Waals surface area contributed by atoms with Crippen molar-refractivity contribution in [3.8, 4) is 6.07 Å². The molecule has 0 atom stereocenters. The van der Waals surface area contributed by atoms with Crippen LogP contribution in [0, 0.1) is 11.3 Å². The number of esters is 1. The summed E-state index contributed by atoms with van der Waals surface area (Å²) in [5.41, 5.74) is 0. The summed E-state index contributed by atoms with van der Waals surface area (Å²) in [7, 11) is 0. The minimum atomic E-state index is -0.760. The molecule has 0 amide bonds. The van der Waals surface area contributed by atoms with Crippen molar-refractivity contribution in [2.75, 3.05) is 6.61 Å². The molecule has 0 fully saturated rings. The average Bonchev–Trinajstić information content (AvgIpc) is 2.50. The molecule has 0 aliphatic rings. The quantitative estimate of drug-likeness (QED) is 0.226. The maximum Gasteiger partial charge on any atom is 0.411 e. The van der Waals surface area contributed by atoms with Gasteiger partial charge in [-0.3, -0.25) is 0 Å². The lowest BCUT2D eigenvalue weighted by Gasteiger charge is -2.03. The van der Waals surface area contributed by atoms with Gasteiger partial charge < -0.3 is 4.74 Å². The largest absolute Gasteiger partial charge is 0.455 e. The number of unbranched alkanes of at least 4 members (excludes halogenated alkanes) is 13. The van der Waals surface area contributed by atoms with E-state index in [0.717, 1.165) is 12.8 Å². The van der Waals surface area contributed by atoms with Gasteiger partial charge in [0.15, 0.2) is 6.07 Å². The van der Waals surface area contributed by atoms with Crippen molar-refractivity contribution < 1.29 is 9.53 Å². The zero-order valence-electron chi connectivity index (χ0n) is 13.9. The molecule has 0 N–H and O–H groups in total. The third-order valence-corrected chi connectivity index (χ3v) is 3.82. The predicted molar refractivity (Wildman–Crippen MR) is 86.9 cm³/mol. The Morgan fingerprint density at radius 1 is 0.762 bits per heavy atom. The number of nitrogens with zero attached hydrogens (tertiary/aromatic N) is 1. The Bertz CT molecular complexity index is 271. The number of nitriles is 1. The van der Waals surface area contributed by atoms with Gasteiger partial charge in [-0.2, -0.15) is 5.26 Å². The Morgan fingerprint density at radius 3 is 1.52 bits per heavy atom. The van der Waals surface area contributed by atoms with Crippen LogP contribution >= 0.6 is 0 Å². The molecule has 0 bridgehead atoms. The van der Waals surface area contributed by atoms with Gasteiger partial charge in [0.1, 0.15) is 0 Å². The van der Waals surface area contributed by atoms with Crippen molar-refractivity contribution in [3.63, 3.8) is 0 Å². The summed E-state index contributed by atoms with van der Waals surface area (Å²) < 4.78 is 4.70. The summed E-state index contributed by atoms with van der Waals surface area (Å²) in [5, 5.41) is 8.23. The topological polar surface area (TPSA) is 50.1 Å². The SMILES string of the molecule is CCCCCCCCCCCCCCCCOC(=O)C#N. The van der Waals surface area contributed by atoms with E-state index in [1.807, 2.05) is 0 Å². The summed E-state index contributed by atoms with van der Waals surface area (Å²) in [6, 6.07) is 1.45. The fourth-order valence-corrected chi connectivity index (χ4v) is 2.49. The number of rotatable bonds is 15. The zero-order valence-corrected chi connectivity index (χ0v) is 13.9. The maximum absolute atomic E-state index is 10.6. The van der Waals surface area contributed by atoms with E-state index in [1.165, 1.54) is 83.1 Å². The molecule has 0 unspecified atom stereocenters.